The summed E-state index contributed by atoms with van der Waals surface area (Å²) >= 11 is 0. The zero-order chi connectivity index (χ0) is 17.6. The highest BCUT2D eigenvalue weighted by molar-refractivity contribution is 5.95. The molecule has 0 radical (unpaired) electrons. The Bertz CT molecular complexity index is 1170. The number of hydrogen-bond donors (Lipinski definition) is 2. The van der Waals surface area contributed by atoms with E-state index in [2.05, 4.69) is 0 Å². The first-order chi connectivity index (χ1) is 12.1. The minimum atomic E-state index is -0.349. The SMILES string of the molecule is COc1cccc(-c2ccc3oc4cc(O)cc(O)c4c(=O)c3c2)c1. The molecule has 0 aliphatic heterocycles. The number of fused-ring (bicyclic) bond motifs is 2. The van der Waals surface area contributed by atoms with E-state index in [9.17, 15) is 15.0 Å². The van der Waals surface area contributed by atoms with Gasteiger partial charge in [0.1, 0.15) is 33.8 Å². The van der Waals surface area contributed by atoms with Crippen LogP contribution in [0.1, 0.15) is 0 Å². The predicted octanol–water partition coefficient (Wildman–Crippen LogP) is 4.03. The molecule has 4 rings (SSSR count). The molecule has 0 spiro atoms. The maximum atomic E-state index is 12.8. The van der Waals surface area contributed by atoms with Crippen LogP contribution in [-0.2, 0) is 0 Å². The average molecular weight is 334 g/mol. The summed E-state index contributed by atoms with van der Waals surface area (Å²) in [6.45, 7) is 0. The van der Waals surface area contributed by atoms with E-state index in [1.54, 1.807) is 19.2 Å². The Morgan fingerprint density at radius 1 is 0.920 bits per heavy atom. The molecule has 0 saturated heterocycles. The summed E-state index contributed by atoms with van der Waals surface area (Å²) in [6, 6.07) is 15.2. The Kier molecular flexibility index (Phi) is 3.35. The van der Waals surface area contributed by atoms with Crippen LogP contribution in [0.5, 0.6) is 17.2 Å². The number of benzene rings is 3. The largest absolute Gasteiger partial charge is 0.508 e. The summed E-state index contributed by atoms with van der Waals surface area (Å²) in [4.78, 5) is 12.8. The summed E-state index contributed by atoms with van der Waals surface area (Å²) < 4.78 is 10.9. The minimum Gasteiger partial charge on any atom is -0.508 e. The van der Waals surface area contributed by atoms with Crippen molar-refractivity contribution in [2.45, 2.75) is 0 Å². The summed E-state index contributed by atoms with van der Waals surface area (Å²) in [5, 5.41) is 20.0. The van der Waals surface area contributed by atoms with Gasteiger partial charge in [-0.25, -0.2) is 0 Å². The maximum Gasteiger partial charge on any atom is 0.204 e. The molecule has 0 aliphatic carbocycles. The van der Waals surface area contributed by atoms with E-state index in [-0.39, 0.29) is 27.9 Å². The lowest BCUT2D eigenvalue weighted by Gasteiger charge is -2.07. The number of rotatable bonds is 2. The van der Waals surface area contributed by atoms with Crippen LogP contribution in [0.4, 0.5) is 0 Å². The number of ether oxygens (including phenoxy) is 1. The Labute approximate surface area is 142 Å². The van der Waals surface area contributed by atoms with Crippen molar-refractivity contribution in [3.8, 4) is 28.4 Å². The van der Waals surface area contributed by atoms with Gasteiger partial charge in [0.15, 0.2) is 0 Å². The van der Waals surface area contributed by atoms with E-state index < -0.39 is 0 Å². The third kappa shape index (κ3) is 2.46. The van der Waals surface area contributed by atoms with Crippen LogP contribution < -0.4 is 10.2 Å². The molecule has 0 fully saturated rings. The predicted molar refractivity (Wildman–Crippen MR) is 95.3 cm³/mol. The van der Waals surface area contributed by atoms with Crippen molar-refractivity contribution in [1.29, 1.82) is 0 Å². The Morgan fingerprint density at radius 3 is 2.52 bits per heavy atom. The van der Waals surface area contributed by atoms with Gasteiger partial charge < -0.3 is 19.4 Å². The highest BCUT2D eigenvalue weighted by atomic mass is 16.5. The molecule has 0 atom stereocenters. The number of aromatic hydroxyl groups is 2. The molecule has 0 bridgehead atoms. The second-order valence-electron chi connectivity index (χ2n) is 5.71. The normalized spacial score (nSPS) is 11.1. The molecule has 1 heterocycles. The van der Waals surface area contributed by atoms with Crippen LogP contribution in [0.25, 0.3) is 33.1 Å². The summed E-state index contributed by atoms with van der Waals surface area (Å²) in [6.07, 6.45) is 0. The third-order valence-corrected chi connectivity index (χ3v) is 4.14. The van der Waals surface area contributed by atoms with Gasteiger partial charge in [-0.3, -0.25) is 4.79 Å². The molecule has 0 amide bonds. The average Bonchev–Trinajstić information content (AvgIpc) is 2.61. The van der Waals surface area contributed by atoms with Crippen LogP contribution in [-0.4, -0.2) is 17.3 Å². The zero-order valence-corrected chi connectivity index (χ0v) is 13.3. The smallest absolute Gasteiger partial charge is 0.204 e. The van der Waals surface area contributed by atoms with E-state index >= 15 is 0 Å². The van der Waals surface area contributed by atoms with Crippen molar-refractivity contribution in [3.63, 3.8) is 0 Å². The van der Waals surface area contributed by atoms with Crippen molar-refractivity contribution >= 4 is 21.9 Å². The molecule has 5 nitrogen and oxygen atoms in total. The molecule has 4 aromatic rings. The van der Waals surface area contributed by atoms with E-state index in [4.69, 9.17) is 9.15 Å². The highest BCUT2D eigenvalue weighted by Crippen LogP contribution is 2.31. The second kappa shape index (κ2) is 5.56. The number of phenolic OH excluding ortho intramolecular Hbond substituents is 2. The van der Waals surface area contributed by atoms with Crippen LogP contribution in [0, 0.1) is 0 Å². The molecule has 5 heteroatoms. The number of phenols is 2. The first kappa shape index (κ1) is 15.1. The lowest BCUT2D eigenvalue weighted by molar-refractivity contribution is 0.415. The zero-order valence-electron chi connectivity index (χ0n) is 13.3. The van der Waals surface area contributed by atoms with E-state index in [1.807, 2.05) is 30.3 Å². The summed E-state index contributed by atoms with van der Waals surface area (Å²) in [7, 11) is 1.60. The summed E-state index contributed by atoms with van der Waals surface area (Å²) in [5.74, 6) is 0.245. The first-order valence-electron chi connectivity index (χ1n) is 7.64. The molecular formula is C20H14O5. The monoisotopic (exact) mass is 334 g/mol. The first-order valence-corrected chi connectivity index (χ1v) is 7.64. The van der Waals surface area contributed by atoms with Crippen molar-refractivity contribution < 1.29 is 19.4 Å². The Hall–Kier alpha value is -3.47. The van der Waals surface area contributed by atoms with Crippen molar-refractivity contribution in [3.05, 3.63) is 64.8 Å². The van der Waals surface area contributed by atoms with Crippen molar-refractivity contribution in [2.75, 3.05) is 7.11 Å². The van der Waals surface area contributed by atoms with Gasteiger partial charge in [-0.15, -0.1) is 0 Å². The van der Waals surface area contributed by atoms with E-state index in [0.29, 0.717) is 11.0 Å². The van der Waals surface area contributed by atoms with Gasteiger partial charge in [0.25, 0.3) is 0 Å². The summed E-state index contributed by atoms with van der Waals surface area (Å²) in [5.41, 5.74) is 1.91. The molecular weight excluding hydrogens is 320 g/mol. The quantitative estimate of drug-likeness (QED) is 0.541. The fraction of sp³-hybridized carbons (Fsp3) is 0.0500. The topological polar surface area (TPSA) is 79.9 Å². The molecule has 0 unspecified atom stereocenters. The van der Waals surface area contributed by atoms with Gasteiger partial charge in [0.2, 0.25) is 5.43 Å². The standard InChI is InChI=1S/C20H14O5/c1-24-14-4-2-3-11(7-14)12-5-6-17-15(8-12)20(23)19-16(22)9-13(21)10-18(19)25-17/h2-10,21-22H,1H3. The van der Waals surface area contributed by atoms with Gasteiger partial charge in [-0.1, -0.05) is 18.2 Å². The van der Waals surface area contributed by atoms with Crippen LogP contribution in [0.3, 0.4) is 0 Å². The van der Waals surface area contributed by atoms with Gasteiger partial charge in [0.05, 0.1) is 12.5 Å². The fourth-order valence-corrected chi connectivity index (χ4v) is 2.93. The van der Waals surface area contributed by atoms with Crippen LogP contribution >= 0.6 is 0 Å². The minimum absolute atomic E-state index is 0.0492. The maximum absolute atomic E-state index is 12.8. The highest BCUT2D eigenvalue weighted by Gasteiger charge is 2.14. The van der Waals surface area contributed by atoms with Crippen molar-refractivity contribution in [2.24, 2.45) is 0 Å². The molecule has 2 N–H and O–H groups in total. The Balaban J connectivity index is 2.01. The third-order valence-electron chi connectivity index (χ3n) is 4.14. The molecule has 3 aromatic carbocycles. The molecule has 0 aliphatic rings. The molecule has 124 valence electrons. The molecule has 1 aromatic heterocycles. The lowest BCUT2D eigenvalue weighted by atomic mass is 10.0. The molecule has 25 heavy (non-hydrogen) atoms. The van der Waals surface area contributed by atoms with Gasteiger partial charge in [0, 0.05) is 12.1 Å². The van der Waals surface area contributed by atoms with Crippen LogP contribution in [0.2, 0.25) is 0 Å². The van der Waals surface area contributed by atoms with Gasteiger partial charge >= 0.3 is 0 Å². The molecule has 0 saturated carbocycles. The fourth-order valence-electron chi connectivity index (χ4n) is 2.93. The van der Waals surface area contributed by atoms with Gasteiger partial charge in [-0.05, 0) is 35.4 Å². The number of methoxy groups -OCH3 is 1. The van der Waals surface area contributed by atoms with E-state index in [1.165, 1.54) is 6.07 Å². The second-order valence-corrected chi connectivity index (χ2v) is 5.71. The van der Waals surface area contributed by atoms with Crippen molar-refractivity contribution in [1.82, 2.24) is 0 Å². The van der Waals surface area contributed by atoms with Gasteiger partial charge in [-0.2, -0.15) is 0 Å². The number of hydrogen-bond acceptors (Lipinski definition) is 5. The van der Waals surface area contributed by atoms with Crippen LogP contribution in [0.15, 0.2) is 63.8 Å². The van der Waals surface area contributed by atoms with E-state index in [0.717, 1.165) is 22.9 Å². The lowest BCUT2D eigenvalue weighted by Crippen LogP contribution is -2.02. The Morgan fingerprint density at radius 2 is 1.72 bits per heavy atom.